The minimum Gasteiger partial charge on any atom is -0.496 e. The molecule has 0 unspecified atom stereocenters. The first-order valence-corrected chi connectivity index (χ1v) is 6.91. The van der Waals surface area contributed by atoms with Crippen LogP contribution in [-0.4, -0.2) is 45.4 Å². The van der Waals surface area contributed by atoms with Crippen LogP contribution in [0.5, 0.6) is 5.75 Å². The third-order valence-corrected chi connectivity index (χ3v) is 3.69. The van der Waals surface area contributed by atoms with E-state index in [4.69, 9.17) is 21.1 Å². The van der Waals surface area contributed by atoms with E-state index in [2.05, 4.69) is 10.6 Å². The molecule has 110 valence electrons. The molecule has 1 heterocycles. The summed E-state index contributed by atoms with van der Waals surface area (Å²) >= 11 is 5.95. The van der Waals surface area contributed by atoms with Gasteiger partial charge in [-0.1, -0.05) is 11.6 Å². The molecule has 1 saturated heterocycles. The lowest BCUT2D eigenvalue weighted by Gasteiger charge is -2.31. The third kappa shape index (κ3) is 3.42. The van der Waals surface area contributed by atoms with Gasteiger partial charge in [0.1, 0.15) is 5.75 Å². The fourth-order valence-corrected chi connectivity index (χ4v) is 2.52. The average Bonchev–Trinajstić information content (AvgIpc) is 2.47. The summed E-state index contributed by atoms with van der Waals surface area (Å²) in [7, 11) is 3.18. The van der Waals surface area contributed by atoms with E-state index in [0.717, 1.165) is 19.5 Å². The molecule has 1 aliphatic rings. The number of hydrogen-bond donors (Lipinski definition) is 2. The van der Waals surface area contributed by atoms with Crippen LogP contribution in [0.25, 0.3) is 0 Å². The van der Waals surface area contributed by atoms with Crippen molar-refractivity contribution >= 4 is 17.5 Å². The van der Waals surface area contributed by atoms with Crippen LogP contribution in [0, 0.1) is 0 Å². The summed E-state index contributed by atoms with van der Waals surface area (Å²) in [5.41, 5.74) is 0.438. The number of amides is 1. The van der Waals surface area contributed by atoms with E-state index in [1.54, 1.807) is 25.3 Å². The number of ether oxygens (including phenoxy) is 2. The Balaban J connectivity index is 2.13. The smallest absolute Gasteiger partial charge is 0.255 e. The van der Waals surface area contributed by atoms with Crippen LogP contribution >= 0.6 is 11.6 Å². The second kappa shape index (κ2) is 6.92. The topological polar surface area (TPSA) is 59.6 Å². The normalized spacial score (nSPS) is 22.4. The predicted molar refractivity (Wildman–Crippen MR) is 77.5 cm³/mol. The Morgan fingerprint density at radius 2 is 2.25 bits per heavy atom. The number of methoxy groups -OCH3 is 2. The zero-order valence-corrected chi connectivity index (χ0v) is 12.4. The highest BCUT2D eigenvalue weighted by Gasteiger charge is 2.27. The molecule has 0 aliphatic carbocycles. The largest absolute Gasteiger partial charge is 0.496 e. The van der Waals surface area contributed by atoms with E-state index in [1.807, 2.05) is 0 Å². The zero-order valence-electron chi connectivity index (χ0n) is 11.6. The molecule has 0 bridgehead atoms. The summed E-state index contributed by atoms with van der Waals surface area (Å²) < 4.78 is 10.6. The molecule has 0 saturated carbocycles. The first kappa shape index (κ1) is 15.1. The van der Waals surface area contributed by atoms with Crippen LogP contribution in [-0.2, 0) is 4.74 Å². The minimum absolute atomic E-state index is 0.0163. The highest BCUT2D eigenvalue weighted by molar-refractivity contribution is 6.31. The Morgan fingerprint density at radius 3 is 2.95 bits per heavy atom. The summed E-state index contributed by atoms with van der Waals surface area (Å²) in [5.74, 6) is 0.313. The Labute approximate surface area is 123 Å². The van der Waals surface area contributed by atoms with Crippen LogP contribution in [0.4, 0.5) is 0 Å². The summed E-state index contributed by atoms with van der Waals surface area (Å²) in [5, 5.41) is 6.74. The van der Waals surface area contributed by atoms with E-state index < -0.39 is 0 Å². The van der Waals surface area contributed by atoms with Gasteiger partial charge in [-0.15, -0.1) is 0 Å². The Hall–Kier alpha value is -1.30. The van der Waals surface area contributed by atoms with Gasteiger partial charge in [-0.3, -0.25) is 4.79 Å². The van der Waals surface area contributed by atoms with E-state index in [-0.39, 0.29) is 18.1 Å². The number of nitrogens with one attached hydrogen (secondary N) is 2. The van der Waals surface area contributed by atoms with Gasteiger partial charge < -0.3 is 20.1 Å². The number of hydrogen-bond acceptors (Lipinski definition) is 4. The van der Waals surface area contributed by atoms with Gasteiger partial charge in [-0.25, -0.2) is 0 Å². The number of piperidine rings is 1. The second-order valence-electron chi connectivity index (χ2n) is 4.69. The lowest BCUT2D eigenvalue weighted by atomic mass is 10.0. The fourth-order valence-electron chi connectivity index (χ4n) is 2.35. The lowest BCUT2D eigenvalue weighted by molar-refractivity contribution is 0.0476. The molecule has 1 amide bonds. The zero-order chi connectivity index (χ0) is 14.5. The third-order valence-electron chi connectivity index (χ3n) is 3.45. The van der Waals surface area contributed by atoms with Crippen LogP contribution in [0.1, 0.15) is 16.8 Å². The monoisotopic (exact) mass is 298 g/mol. The highest BCUT2D eigenvalue weighted by atomic mass is 35.5. The maximum Gasteiger partial charge on any atom is 0.255 e. The van der Waals surface area contributed by atoms with Crippen molar-refractivity contribution in [2.75, 3.05) is 27.3 Å². The van der Waals surface area contributed by atoms with E-state index >= 15 is 0 Å². The molecule has 1 aromatic carbocycles. The van der Waals surface area contributed by atoms with Crippen molar-refractivity contribution in [3.05, 3.63) is 28.8 Å². The summed E-state index contributed by atoms with van der Waals surface area (Å²) in [6.07, 6.45) is 0.797. The number of carbonyl (C=O) groups excluding carboxylic acids is 1. The number of carbonyl (C=O) groups is 1. The quantitative estimate of drug-likeness (QED) is 0.883. The molecule has 1 fully saturated rings. The molecule has 2 atom stereocenters. The Kier molecular flexibility index (Phi) is 5.23. The van der Waals surface area contributed by atoms with Crippen LogP contribution in [0.2, 0.25) is 5.02 Å². The lowest BCUT2D eigenvalue weighted by Crippen LogP contribution is -2.53. The fraction of sp³-hybridized carbons (Fsp3) is 0.500. The second-order valence-corrected chi connectivity index (χ2v) is 5.13. The van der Waals surface area contributed by atoms with Gasteiger partial charge in [-0.05, 0) is 31.2 Å². The molecule has 2 N–H and O–H groups in total. The van der Waals surface area contributed by atoms with Crippen LogP contribution in [0.3, 0.4) is 0 Å². The van der Waals surface area contributed by atoms with Gasteiger partial charge in [0.25, 0.3) is 5.91 Å². The Bertz CT molecular complexity index is 481. The van der Waals surface area contributed by atoms with Crippen molar-refractivity contribution in [3.8, 4) is 5.75 Å². The molecule has 0 aromatic heterocycles. The van der Waals surface area contributed by atoms with Crippen molar-refractivity contribution in [2.24, 2.45) is 0 Å². The summed E-state index contributed by atoms with van der Waals surface area (Å²) in [6, 6.07) is 4.98. The highest BCUT2D eigenvalue weighted by Crippen LogP contribution is 2.23. The molecule has 5 nitrogen and oxygen atoms in total. The molecule has 20 heavy (non-hydrogen) atoms. The van der Waals surface area contributed by atoms with Crippen molar-refractivity contribution in [2.45, 2.75) is 18.6 Å². The number of benzene rings is 1. The molecule has 6 heteroatoms. The summed E-state index contributed by atoms with van der Waals surface area (Å²) in [4.78, 5) is 12.4. The van der Waals surface area contributed by atoms with Gasteiger partial charge in [0.2, 0.25) is 0 Å². The van der Waals surface area contributed by atoms with Gasteiger partial charge in [0, 0.05) is 18.7 Å². The molecule has 0 spiro atoms. The van der Waals surface area contributed by atoms with Crippen LogP contribution < -0.4 is 15.4 Å². The van der Waals surface area contributed by atoms with Gasteiger partial charge in [-0.2, -0.15) is 0 Å². The van der Waals surface area contributed by atoms with E-state index in [1.165, 1.54) is 7.11 Å². The predicted octanol–water partition coefficient (Wildman–Crippen LogP) is 1.46. The van der Waals surface area contributed by atoms with Crippen LogP contribution in [0.15, 0.2) is 18.2 Å². The number of halogens is 1. The Morgan fingerprint density at radius 1 is 1.45 bits per heavy atom. The first-order chi connectivity index (χ1) is 9.65. The molecule has 1 aliphatic heterocycles. The first-order valence-electron chi connectivity index (χ1n) is 6.53. The molecular formula is C14H19ClN2O3. The SMILES string of the molecule is COc1ccc(Cl)cc1C(=O)N[C@H]1CCNC[C@H]1OC. The van der Waals surface area contributed by atoms with Crippen molar-refractivity contribution in [3.63, 3.8) is 0 Å². The molecule has 2 rings (SSSR count). The van der Waals surface area contributed by atoms with E-state index in [9.17, 15) is 4.79 Å². The van der Waals surface area contributed by atoms with E-state index in [0.29, 0.717) is 16.3 Å². The van der Waals surface area contributed by atoms with Crippen molar-refractivity contribution < 1.29 is 14.3 Å². The van der Waals surface area contributed by atoms with Crippen molar-refractivity contribution in [1.29, 1.82) is 0 Å². The molecule has 0 radical (unpaired) electrons. The molecule has 1 aromatic rings. The maximum absolute atomic E-state index is 12.4. The molecular weight excluding hydrogens is 280 g/mol. The maximum atomic E-state index is 12.4. The number of rotatable bonds is 4. The van der Waals surface area contributed by atoms with Crippen molar-refractivity contribution in [1.82, 2.24) is 10.6 Å². The van der Waals surface area contributed by atoms with Gasteiger partial charge in [0.05, 0.1) is 24.8 Å². The van der Waals surface area contributed by atoms with Gasteiger partial charge in [0.15, 0.2) is 0 Å². The van der Waals surface area contributed by atoms with Gasteiger partial charge >= 0.3 is 0 Å². The average molecular weight is 299 g/mol. The standard InChI is InChI=1S/C14H19ClN2O3/c1-19-12-4-3-9(15)7-10(12)14(18)17-11-5-6-16-8-13(11)20-2/h3-4,7,11,13,16H,5-6,8H2,1-2H3,(H,17,18)/t11-,13+/m0/s1. The minimum atomic E-state index is -0.196. The summed E-state index contributed by atoms with van der Waals surface area (Å²) in [6.45, 7) is 1.59.